The summed E-state index contributed by atoms with van der Waals surface area (Å²) in [6.45, 7) is 7.07. The number of anilines is 1. The Morgan fingerprint density at radius 1 is 1.32 bits per heavy atom. The third kappa shape index (κ3) is 5.73. The first kappa shape index (κ1) is 15.5. The van der Waals surface area contributed by atoms with Crippen molar-refractivity contribution in [2.75, 3.05) is 18.9 Å². The molecule has 0 aliphatic heterocycles. The van der Waals surface area contributed by atoms with E-state index in [0.29, 0.717) is 5.56 Å². The van der Waals surface area contributed by atoms with Crippen LogP contribution in [0.25, 0.3) is 0 Å². The number of amides is 1. The summed E-state index contributed by atoms with van der Waals surface area (Å²) in [5.41, 5.74) is 1.51. The Kier molecular flexibility index (Phi) is 6.33. The molecule has 0 spiro atoms. The Bertz CT molecular complexity index is 416. The van der Waals surface area contributed by atoms with E-state index in [2.05, 4.69) is 29.5 Å². The standard InChI is InChI=1S/C15H25N3O/c1-11(2)7-5-6-8-17-15(19)13-9-12(3)18-14(10-13)16-4/h9-11H,5-8H2,1-4H3,(H,16,18)(H,17,19). The molecule has 1 amide bonds. The normalized spacial score (nSPS) is 10.6. The topological polar surface area (TPSA) is 54.0 Å². The van der Waals surface area contributed by atoms with Gasteiger partial charge in [-0.25, -0.2) is 4.98 Å². The highest BCUT2D eigenvalue weighted by Gasteiger charge is 2.07. The highest BCUT2D eigenvalue weighted by molar-refractivity contribution is 5.94. The number of rotatable bonds is 7. The quantitative estimate of drug-likeness (QED) is 0.744. The molecule has 4 heteroatoms. The monoisotopic (exact) mass is 263 g/mol. The summed E-state index contributed by atoms with van der Waals surface area (Å²) in [6.07, 6.45) is 3.41. The van der Waals surface area contributed by atoms with Crippen LogP contribution in [-0.4, -0.2) is 24.5 Å². The molecule has 0 saturated heterocycles. The van der Waals surface area contributed by atoms with Crippen LogP contribution in [0.4, 0.5) is 5.82 Å². The Labute approximate surface area is 116 Å². The number of aryl methyl sites for hydroxylation is 1. The van der Waals surface area contributed by atoms with Gasteiger partial charge >= 0.3 is 0 Å². The lowest BCUT2D eigenvalue weighted by Gasteiger charge is -2.08. The van der Waals surface area contributed by atoms with Gasteiger partial charge in [-0.3, -0.25) is 4.79 Å². The Morgan fingerprint density at radius 3 is 2.68 bits per heavy atom. The molecule has 1 aromatic heterocycles. The predicted octanol–water partition coefficient (Wildman–Crippen LogP) is 2.99. The molecule has 0 aliphatic carbocycles. The zero-order chi connectivity index (χ0) is 14.3. The highest BCUT2D eigenvalue weighted by atomic mass is 16.1. The number of carbonyl (C=O) groups excluding carboxylic acids is 1. The maximum Gasteiger partial charge on any atom is 0.251 e. The van der Waals surface area contributed by atoms with Crippen molar-refractivity contribution in [3.63, 3.8) is 0 Å². The van der Waals surface area contributed by atoms with E-state index in [9.17, 15) is 4.79 Å². The molecule has 0 bridgehead atoms. The van der Waals surface area contributed by atoms with Gasteiger partial charge in [-0.15, -0.1) is 0 Å². The molecule has 0 fully saturated rings. The van der Waals surface area contributed by atoms with Gasteiger partial charge in [0.05, 0.1) is 0 Å². The van der Waals surface area contributed by atoms with Crippen LogP contribution in [-0.2, 0) is 0 Å². The number of hydrogen-bond acceptors (Lipinski definition) is 3. The summed E-state index contributed by atoms with van der Waals surface area (Å²) in [5, 5.41) is 5.92. The van der Waals surface area contributed by atoms with Crippen molar-refractivity contribution in [2.45, 2.75) is 40.0 Å². The largest absolute Gasteiger partial charge is 0.373 e. The first-order chi connectivity index (χ1) is 9.02. The van der Waals surface area contributed by atoms with Crippen LogP contribution in [0.1, 0.15) is 49.2 Å². The van der Waals surface area contributed by atoms with Crippen molar-refractivity contribution < 1.29 is 4.79 Å². The molecule has 2 N–H and O–H groups in total. The molecule has 19 heavy (non-hydrogen) atoms. The Morgan fingerprint density at radius 2 is 2.05 bits per heavy atom. The van der Waals surface area contributed by atoms with E-state index < -0.39 is 0 Å². The fourth-order valence-corrected chi connectivity index (χ4v) is 1.91. The van der Waals surface area contributed by atoms with Gasteiger partial charge in [0, 0.05) is 24.8 Å². The van der Waals surface area contributed by atoms with E-state index in [1.165, 1.54) is 6.42 Å². The molecule has 4 nitrogen and oxygen atoms in total. The van der Waals surface area contributed by atoms with Gasteiger partial charge in [-0.1, -0.05) is 26.7 Å². The number of nitrogens with one attached hydrogen (secondary N) is 2. The number of carbonyl (C=O) groups is 1. The molecule has 1 heterocycles. The van der Waals surface area contributed by atoms with Gasteiger partial charge in [0.2, 0.25) is 0 Å². The number of nitrogens with zero attached hydrogens (tertiary/aromatic N) is 1. The molecule has 0 saturated carbocycles. The fraction of sp³-hybridized carbons (Fsp3) is 0.600. The van der Waals surface area contributed by atoms with Gasteiger partial charge < -0.3 is 10.6 Å². The second-order valence-corrected chi connectivity index (χ2v) is 5.28. The summed E-state index contributed by atoms with van der Waals surface area (Å²) in [5.74, 6) is 1.44. The minimum absolute atomic E-state index is 0.0217. The van der Waals surface area contributed by atoms with Crippen LogP contribution >= 0.6 is 0 Å². The molecular formula is C15H25N3O. The van der Waals surface area contributed by atoms with Crippen LogP contribution in [0.3, 0.4) is 0 Å². The molecule has 0 unspecified atom stereocenters. The van der Waals surface area contributed by atoms with Crippen molar-refractivity contribution >= 4 is 11.7 Å². The van der Waals surface area contributed by atoms with E-state index in [-0.39, 0.29) is 5.91 Å². The van der Waals surface area contributed by atoms with Crippen LogP contribution in [0.15, 0.2) is 12.1 Å². The number of pyridine rings is 1. The van der Waals surface area contributed by atoms with E-state index in [0.717, 1.165) is 36.8 Å². The van der Waals surface area contributed by atoms with E-state index in [1.54, 1.807) is 13.1 Å². The predicted molar refractivity (Wildman–Crippen MR) is 79.5 cm³/mol. The third-order valence-corrected chi connectivity index (χ3v) is 2.97. The Hall–Kier alpha value is -1.58. The molecule has 0 aliphatic rings. The molecule has 0 atom stereocenters. The maximum absolute atomic E-state index is 12.0. The first-order valence-corrected chi connectivity index (χ1v) is 6.97. The van der Waals surface area contributed by atoms with Crippen LogP contribution in [0, 0.1) is 12.8 Å². The fourth-order valence-electron chi connectivity index (χ4n) is 1.91. The number of unbranched alkanes of at least 4 members (excludes halogenated alkanes) is 1. The van der Waals surface area contributed by atoms with Gasteiger partial charge in [0.1, 0.15) is 5.82 Å². The van der Waals surface area contributed by atoms with Gasteiger partial charge in [-0.2, -0.15) is 0 Å². The van der Waals surface area contributed by atoms with Crippen LogP contribution < -0.4 is 10.6 Å². The summed E-state index contributed by atoms with van der Waals surface area (Å²) in [6, 6.07) is 3.58. The maximum atomic E-state index is 12.0. The number of hydrogen-bond donors (Lipinski definition) is 2. The van der Waals surface area contributed by atoms with Crippen LogP contribution in [0.5, 0.6) is 0 Å². The molecule has 0 aromatic carbocycles. The van der Waals surface area contributed by atoms with Gasteiger partial charge in [0.15, 0.2) is 0 Å². The molecule has 0 radical (unpaired) electrons. The lowest BCUT2D eigenvalue weighted by Crippen LogP contribution is -2.24. The second kappa shape index (κ2) is 7.77. The van der Waals surface area contributed by atoms with Crippen molar-refractivity contribution in [2.24, 2.45) is 5.92 Å². The van der Waals surface area contributed by atoms with Crippen molar-refractivity contribution in [1.82, 2.24) is 10.3 Å². The second-order valence-electron chi connectivity index (χ2n) is 5.28. The minimum atomic E-state index is -0.0217. The zero-order valence-electron chi connectivity index (χ0n) is 12.4. The zero-order valence-corrected chi connectivity index (χ0v) is 12.4. The van der Waals surface area contributed by atoms with Crippen LogP contribution in [0.2, 0.25) is 0 Å². The SMILES string of the molecule is CNc1cc(C(=O)NCCCCC(C)C)cc(C)n1. The van der Waals surface area contributed by atoms with E-state index in [1.807, 2.05) is 13.0 Å². The summed E-state index contributed by atoms with van der Waals surface area (Å²) in [7, 11) is 1.80. The highest BCUT2D eigenvalue weighted by Crippen LogP contribution is 2.10. The summed E-state index contributed by atoms with van der Waals surface area (Å²) < 4.78 is 0. The minimum Gasteiger partial charge on any atom is -0.373 e. The smallest absolute Gasteiger partial charge is 0.251 e. The number of aromatic nitrogens is 1. The van der Waals surface area contributed by atoms with Gasteiger partial charge in [-0.05, 0) is 31.4 Å². The molecular weight excluding hydrogens is 238 g/mol. The summed E-state index contributed by atoms with van der Waals surface area (Å²) in [4.78, 5) is 16.3. The first-order valence-electron chi connectivity index (χ1n) is 6.97. The van der Waals surface area contributed by atoms with E-state index >= 15 is 0 Å². The van der Waals surface area contributed by atoms with Gasteiger partial charge in [0.25, 0.3) is 5.91 Å². The molecule has 106 valence electrons. The van der Waals surface area contributed by atoms with E-state index in [4.69, 9.17) is 0 Å². The lowest BCUT2D eigenvalue weighted by molar-refractivity contribution is 0.0952. The van der Waals surface area contributed by atoms with Crippen molar-refractivity contribution in [3.05, 3.63) is 23.4 Å². The Balaban J connectivity index is 2.43. The third-order valence-electron chi connectivity index (χ3n) is 2.97. The molecule has 1 rings (SSSR count). The average Bonchev–Trinajstić information content (AvgIpc) is 2.36. The summed E-state index contributed by atoms with van der Waals surface area (Å²) >= 11 is 0. The van der Waals surface area contributed by atoms with Crippen molar-refractivity contribution in [1.29, 1.82) is 0 Å². The average molecular weight is 263 g/mol. The molecule has 1 aromatic rings. The van der Waals surface area contributed by atoms with Crippen molar-refractivity contribution in [3.8, 4) is 0 Å². The lowest BCUT2D eigenvalue weighted by atomic mass is 10.1.